The van der Waals surface area contributed by atoms with Crippen molar-refractivity contribution in [3.63, 3.8) is 0 Å². The minimum atomic E-state index is -0.253. The van der Waals surface area contributed by atoms with E-state index < -0.39 is 0 Å². The predicted molar refractivity (Wildman–Crippen MR) is 55.5 cm³/mol. The molecule has 1 atom stereocenters. The fraction of sp³-hybridized carbons (Fsp3) is 0.364. The summed E-state index contributed by atoms with van der Waals surface area (Å²) in [4.78, 5) is 15.3. The van der Waals surface area contributed by atoms with Crippen LogP contribution in [0.4, 0.5) is 0 Å². The van der Waals surface area contributed by atoms with Crippen molar-refractivity contribution in [2.75, 3.05) is 0 Å². The van der Waals surface area contributed by atoms with Gasteiger partial charge in [-0.25, -0.2) is 0 Å². The van der Waals surface area contributed by atoms with Crippen molar-refractivity contribution in [1.82, 2.24) is 10.3 Å². The zero-order valence-corrected chi connectivity index (χ0v) is 8.60. The molecule has 4 nitrogen and oxygen atoms in total. The zero-order valence-electron chi connectivity index (χ0n) is 8.60. The van der Waals surface area contributed by atoms with Crippen LogP contribution in [0.3, 0.4) is 0 Å². The number of carbonyl (C=O) groups is 1. The number of carbonyl (C=O) groups excluding carboxylic acids is 1. The highest BCUT2D eigenvalue weighted by Crippen LogP contribution is 2.01. The molecule has 0 aromatic carbocycles. The second-order valence-electron chi connectivity index (χ2n) is 3.34. The van der Waals surface area contributed by atoms with Gasteiger partial charge < -0.3 is 5.32 Å². The molecule has 0 bridgehead atoms. The maximum Gasteiger partial charge on any atom is 0.224 e. The molecule has 78 valence electrons. The maximum absolute atomic E-state index is 11.4. The average molecular weight is 203 g/mol. The van der Waals surface area contributed by atoms with E-state index in [9.17, 15) is 4.79 Å². The largest absolute Gasteiger partial charge is 0.352 e. The Morgan fingerprint density at radius 2 is 2.27 bits per heavy atom. The number of rotatable bonds is 4. The molecule has 1 aromatic heterocycles. The maximum atomic E-state index is 11.4. The summed E-state index contributed by atoms with van der Waals surface area (Å²) < 4.78 is 0. The van der Waals surface area contributed by atoms with Crippen LogP contribution in [0.2, 0.25) is 0 Å². The van der Waals surface area contributed by atoms with E-state index >= 15 is 0 Å². The molecular formula is C11H13N3O. The molecule has 4 heteroatoms. The Morgan fingerprint density at radius 3 is 2.87 bits per heavy atom. The van der Waals surface area contributed by atoms with Gasteiger partial charge in [0.25, 0.3) is 0 Å². The first-order valence-electron chi connectivity index (χ1n) is 4.77. The second-order valence-corrected chi connectivity index (χ2v) is 3.34. The van der Waals surface area contributed by atoms with Crippen LogP contribution in [0.5, 0.6) is 0 Å². The molecule has 0 saturated heterocycles. The van der Waals surface area contributed by atoms with Gasteiger partial charge in [0.15, 0.2) is 0 Å². The third-order valence-electron chi connectivity index (χ3n) is 2.06. The van der Waals surface area contributed by atoms with Gasteiger partial charge in [0.1, 0.15) is 0 Å². The predicted octanol–water partition coefficient (Wildman–Crippen LogP) is 1.25. The van der Waals surface area contributed by atoms with Crippen molar-refractivity contribution in [2.45, 2.75) is 19.9 Å². The normalized spacial score (nSPS) is 11.5. The highest BCUT2D eigenvalue weighted by Gasteiger charge is 2.11. The first-order valence-corrected chi connectivity index (χ1v) is 4.77. The molecule has 1 amide bonds. The van der Waals surface area contributed by atoms with Gasteiger partial charge in [0.2, 0.25) is 5.91 Å². The Morgan fingerprint density at radius 1 is 1.60 bits per heavy atom. The summed E-state index contributed by atoms with van der Waals surface area (Å²) in [5.74, 6) is -0.342. The van der Waals surface area contributed by atoms with E-state index in [2.05, 4.69) is 10.3 Å². The molecule has 0 aliphatic rings. The van der Waals surface area contributed by atoms with Crippen LogP contribution in [0.25, 0.3) is 0 Å². The van der Waals surface area contributed by atoms with Gasteiger partial charge in [-0.3, -0.25) is 9.78 Å². The Kier molecular flexibility index (Phi) is 4.30. The first-order chi connectivity index (χ1) is 7.24. The number of nitrogens with zero attached hydrogens (tertiary/aromatic N) is 2. The molecule has 1 rings (SSSR count). The number of pyridine rings is 1. The number of hydrogen-bond acceptors (Lipinski definition) is 3. The summed E-state index contributed by atoms with van der Waals surface area (Å²) in [6.45, 7) is 2.22. The quantitative estimate of drug-likeness (QED) is 0.800. The molecule has 0 radical (unpaired) electrons. The summed E-state index contributed by atoms with van der Waals surface area (Å²) in [6.07, 6.45) is 3.61. The Bertz CT molecular complexity index is 356. The van der Waals surface area contributed by atoms with Gasteiger partial charge in [0.05, 0.1) is 6.07 Å². The van der Waals surface area contributed by atoms with E-state index in [1.807, 2.05) is 18.2 Å². The molecule has 1 aromatic rings. The molecular weight excluding hydrogens is 190 g/mol. The van der Waals surface area contributed by atoms with Gasteiger partial charge in [-0.2, -0.15) is 5.26 Å². The highest BCUT2D eigenvalue weighted by atomic mass is 16.1. The molecule has 0 fully saturated rings. The summed E-state index contributed by atoms with van der Waals surface area (Å²) in [5, 5.41) is 11.2. The molecule has 0 saturated carbocycles. The number of nitriles is 1. The van der Waals surface area contributed by atoms with E-state index in [1.165, 1.54) is 0 Å². The van der Waals surface area contributed by atoms with E-state index in [0.717, 1.165) is 5.56 Å². The monoisotopic (exact) mass is 203 g/mol. The zero-order chi connectivity index (χ0) is 11.1. The van der Waals surface area contributed by atoms with Crippen LogP contribution in [0.15, 0.2) is 24.5 Å². The smallest absolute Gasteiger partial charge is 0.224 e. The SMILES string of the molecule is CC(CC#N)C(=O)NCc1ccncc1. The fourth-order valence-electron chi connectivity index (χ4n) is 1.09. The minimum absolute atomic E-state index is 0.0895. The van der Waals surface area contributed by atoms with Crippen molar-refractivity contribution in [3.05, 3.63) is 30.1 Å². The van der Waals surface area contributed by atoms with E-state index in [1.54, 1.807) is 19.3 Å². The van der Waals surface area contributed by atoms with Crippen LogP contribution in [0, 0.1) is 17.2 Å². The number of aromatic nitrogens is 1. The van der Waals surface area contributed by atoms with Crippen molar-refractivity contribution in [2.24, 2.45) is 5.92 Å². The Balaban J connectivity index is 2.38. The summed E-state index contributed by atoms with van der Waals surface area (Å²) in [7, 11) is 0. The molecule has 0 aliphatic carbocycles. The molecule has 0 aliphatic heterocycles. The summed E-state index contributed by atoms with van der Waals surface area (Å²) in [5.41, 5.74) is 1.00. The van der Waals surface area contributed by atoms with Crippen LogP contribution < -0.4 is 5.32 Å². The van der Waals surface area contributed by atoms with Crippen LogP contribution in [0.1, 0.15) is 18.9 Å². The van der Waals surface area contributed by atoms with Crippen LogP contribution >= 0.6 is 0 Å². The first kappa shape index (κ1) is 11.2. The lowest BCUT2D eigenvalue weighted by Crippen LogP contribution is -2.28. The molecule has 1 unspecified atom stereocenters. The van der Waals surface area contributed by atoms with Gasteiger partial charge in [-0.15, -0.1) is 0 Å². The number of hydrogen-bond donors (Lipinski definition) is 1. The lowest BCUT2D eigenvalue weighted by atomic mass is 10.1. The standard InChI is InChI=1S/C11H13N3O/c1-9(2-5-12)11(15)14-8-10-3-6-13-7-4-10/h3-4,6-7,9H,2,8H2,1H3,(H,14,15). The van der Waals surface area contributed by atoms with Gasteiger partial charge in [0, 0.05) is 31.3 Å². The number of amides is 1. The van der Waals surface area contributed by atoms with Crippen LogP contribution in [-0.2, 0) is 11.3 Å². The van der Waals surface area contributed by atoms with Crippen molar-refractivity contribution >= 4 is 5.91 Å². The molecule has 0 spiro atoms. The highest BCUT2D eigenvalue weighted by molar-refractivity contribution is 5.78. The third kappa shape index (κ3) is 3.77. The van der Waals surface area contributed by atoms with Crippen molar-refractivity contribution in [3.8, 4) is 6.07 Å². The average Bonchev–Trinajstić information content (AvgIpc) is 2.27. The Labute approximate surface area is 88.9 Å². The molecule has 1 N–H and O–H groups in total. The lowest BCUT2D eigenvalue weighted by Gasteiger charge is -2.08. The van der Waals surface area contributed by atoms with Gasteiger partial charge in [-0.05, 0) is 17.7 Å². The van der Waals surface area contributed by atoms with Gasteiger partial charge >= 0.3 is 0 Å². The Hall–Kier alpha value is -1.89. The summed E-state index contributed by atoms with van der Waals surface area (Å²) in [6, 6.07) is 5.66. The topological polar surface area (TPSA) is 65.8 Å². The summed E-state index contributed by atoms with van der Waals surface area (Å²) >= 11 is 0. The van der Waals surface area contributed by atoms with E-state index in [0.29, 0.717) is 6.54 Å². The number of nitrogens with one attached hydrogen (secondary N) is 1. The van der Waals surface area contributed by atoms with Gasteiger partial charge in [-0.1, -0.05) is 6.92 Å². The lowest BCUT2D eigenvalue weighted by molar-refractivity contribution is -0.124. The minimum Gasteiger partial charge on any atom is -0.352 e. The van der Waals surface area contributed by atoms with Crippen molar-refractivity contribution in [1.29, 1.82) is 5.26 Å². The van der Waals surface area contributed by atoms with E-state index in [-0.39, 0.29) is 18.2 Å². The third-order valence-corrected chi connectivity index (χ3v) is 2.06. The fourth-order valence-corrected chi connectivity index (χ4v) is 1.09. The second kappa shape index (κ2) is 5.76. The van der Waals surface area contributed by atoms with E-state index in [4.69, 9.17) is 5.26 Å². The molecule has 15 heavy (non-hydrogen) atoms. The van der Waals surface area contributed by atoms with Crippen molar-refractivity contribution < 1.29 is 4.79 Å². The molecule has 1 heterocycles. The van der Waals surface area contributed by atoms with Crippen LogP contribution in [-0.4, -0.2) is 10.9 Å².